The summed E-state index contributed by atoms with van der Waals surface area (Å²) in [7, 11) is 0. The van der Waals surface area contributed by atoms with Crippen LogP contribution in [-0.2, 0) is 13.2 Å². The van der Waals surface area contributed by atoms with E-state index in [0.717, 1.165) is 60.7 Å². The molecular formula is C27H26N4OS. The zero-order valence-electron chi connectivity index (χ0n) is 18.5. The van der Waals surface area contributed by atoms with Gasteiger partial charge >= 0.3 is 0 Å². The highest BCUT2D eigenvalue weighted by atomic mass is 32.1. The maximum Gasteiger partial charge on any atom is 0.195 e. The Kier molecular flexibility index (Phi) is 6.52. The van der Waals surface area contributed by atoms with Crippen LogP contribution in [0.1, 0.15) is 22.6 Å². The highest BCUT2D eigenvalue weighted by Crippen LogP contribution is 2.26. The second kappa shape index (κ2) is 10.0. The van der Waals surface area contributed by atoms with Crippen molar-refractivity contribution in [2.24, 2.45) is 0 Å². The van der Waals surface area contributed by atoms with E-state index in [4.69, 9.17) is 10.00 Å². The van der Waals surface area contributed by atoms with E-state index in [1.54, 1.807) is 0 Å². The average Bonchev–Trinajstić information content (AvgIpc) is 3.07. The fourth-order valence-electron chi connectivity index (χ4n) is 4.23. The molecule has 1 aliphatic heterocycles. The summed E-state index contributed by atoms with van der Waals surface area (Å²) in [5, 5.41) is 9.52. The van der Waals surface area contributed by atoms with Crippen LogP contribution in [0, 0.1) is 11.3 Å². The van der Waals surface area contributed by atoms with Gasteiger partial charge in [-0.15, -0.1) is 11.3 Å². The molecule has 166 valence electrons. The van der Waals surface area contributed by atoms with E-state index in [0.29, 0.717) is 11.6 Å². The van der Waals surface area contributed by atoms with Gasteiger partial charge in [0.1, 0.15) is 18.4 Å². The number of nitriles is 1. The summed E-state index contributed by atoms with van der Waals surface area (Å²) in [5.74, 6) is 0.800. The highest BCUT2D eigenvalue weighted by molar-refractivity contribution is 7.19. The normalized spacial score (nSPS) is 16.5. The summed E-state index contributed by atoms with van der Waals surface area (Å²) in [4.78, 5) is 9.28. The zero-order valence-corrected chi connectivity index (χ0v) is 19.3. The second-order valence-corrected chi connectivity index (χ2v) is 9.32. The number of hydrogen-bond acceptors (Lipinski definition) is 6. The maximum absolute atomic E-state index is 9.04. The monoisotopic (exact) mass is 454 g/mol. The predicted octanol–water partition coefficient (Wildman–Crippen LogP) is 5.26. The molecule has 1 aromatic heterocycles. The number of allylic oxidation sites excluding steroid dienone is 5. The van der Waals surface area contributed by atoms with Crippen molar-refractivity contribution in [1.82, 2.24) is 14.8 Å². The summed E-state index contributed by atoms with van der Waals surface area (Å²) < 4.78 is 7.01. The summed E-state index contributed by atoms with van der Waals surface area (Å²) in [5.41, 5.74) is 4.64. The molecule has 5 nitrogen and oxygen atoms in total. The summed E-state index contributed by atoms with van der Waals surface area (Å²) in [6.07, 6.45) is 12.1. The Morgan fingerprint density at radius 1 is 1.03 bits per heavy atom. The van der Waals surface area contributed by atoms with Crippen LogP contribution in [0.25, 0.3) is 10.2 Å². The fraction of sp³-hybridized carbons (Fsp3) is 0.259. The van der Waals surface area contributed by atoms with Crippen molar-refractivity contribution in [3.8, 4) is 11.8 Å². The van der Waals surface area contributed by atoms with Crippen molar-refractivity contribution >= 4 is 21.6 Å². The molecule has 0 N–H and O–H groups in total. The number of benzene rings is 2. The summed E-state index contributed by atoms with van der Waals surface area (Å²) >= 11 is 1.39. The molecule has 0 atom stereocenters. The standard InChI is InChI=1S/C27H26N4OS/c28-18-27-29-25-11-10-24(17-26(25)33-27)32-20-22-7-5-6-21(16-22)19-30-12-14-31(15-13-30)23-8-3-1-2-4-9-23/h1,3-11,16-17H,2,12-15,19-20H2. The minimum absolute atomic E-state index is 0.481. The van der Waals surface area contributed by atoms with Crippen LogP contribution in [0.4, 0.5) is 0 Å². The van der Waals surface area contributed by atoms with Crippen LogP contribution >= 0.6 is 11.3 Å². The molecule has 1 aliphatic carbocycles. The largest absolute Gasteiger partial charge is 0.489 e. The van der Waals surface area contributed by atoms with Crippen molar-refractivity contribution in [3.05, 3.63) is 94.7 Å². The first kappa shape index (κ1) is 21.4. The molecule has 0 saturated carbocycles. The first-order valence-corrected chi connectivity index (χ1v) is 12.1. The van der Waals surface area contributed by atoms with Crippen LogP contribution < -0.4 is 4.74 Å². The van der Waals surface area contributed by atoms with Crippen molar-refractivity contribution in [1.29, 1.82) is 5.26 Å². The quantitative estimate of drug-likeness (QED) is 0.508. The molecule has 1 saturated heterocycles. The number of ether oxygens (including phenoxy) is 1. The molecule has 3 aromatic rings. The summed E-state index contributed by atoms with van der Waals surface area (Å²) in [6, 6.07) is 16.6. The third kappa shape index (κ3) is 5.33. The van der Waals surface area contributed by atoms with Crippen LogP contribution in [0.15, 0.2) is 78.5 Å². The molecule has 0 amide bonds. The predicted molar refractivity (Wildman–Crippen MR) is 133 cm³/mol. The maximum atomic E-state index is 9.04. The van der Waals surface area contributed by atoms with E-state index >= 15 is 0 Å². The number of rotatable bonds is 6. The van der Waals surface area contributed by atoms with Crippen LogP contribution in [-0.4, -0.2) is 41.0 Å². The van der Waals surface area contributed by atoms with Gasteiger partial charge in [0.05, 0.1) is 10.2 Å². The molecular weight excluding hydrogens is 428 g/mol. The van der Waals surface area contributed by atoms with Gasteiger partial charge in [0.2, 0.25) is 0 Å². The lowest BCUT2D eigenvalue weighted by atomic mass is 10.1. The third-order valence-corrected chi connectivity index (χ3v) is 6.88. The van der Waals surface area contributed by atoms with Crippen LogP contribution in [0.5, 0.6) is 5.75 Å². The molecule has 2 heterocycles. The lowest BCUT2D eigenvalue weighted by Crippen LogP contribution is -2.45. The minimum Gasteiger partial charge on any atom is -0.489 e. The van der Waals surface area contributed by atoms with Crippen LogP contribution in [0.3, 0.4) is 0 Å². The molecule has 5 rings (SSSR count). The lowest BCUT2D eigenvalue weighted by molar-refractivity contribution is 0.155. The number of aromatic nitrogens is 1. The molecule has 2 aliphatic rings. The number of fused-ring (bicyclic) bond motifs is 1. The van der Waals surface area contributed by atoms with Gasteiger partial charge in [0.15, 0.2) is 5.01 Å². The minimum atomic E-state index is 0.481. The van der Waals surface area contributed by atoms with E-state index in [-0.39, 0.29) is 0 Å². The summed E-state index contributed by atoms with van der Waals surface area (Å²) in [6.45, 7) is 5.72. The number of nitrogens with zero attached hydrogens (tertiary/aromatic N) is 4. The third-order valence-electron chi connectivity index (χ3n) is 5.96. The second-order valence-electron chi connectivity index (χ2n) is 8.29. The highest BCUT2D eigenvalue weighted by Gasteiger charge is 2.18. The van der Waals surface area contributed by atoms with E-state index < -0.39 is 0 Å². The van der Waals surface area contributed by atoms with E-state index in [1.807, 2.05) is 18.2 Å². The van der Waals surface area contributed by atoms with Gasteiger partial charge < -0.3 is 9.64 Å². The fourth-order valence-corrected chi connectivity index (χ4v) is 5.02. The zero-order chi connectivity index (χ0) is 22.5. The Labute approximate surface area is 198 Å². The number of hydrogen-bond donors (Lipinski definition) is 0. The smallest absolute Gasteiger partial charge is 0.195 e. The van der Waals surface area contributed by atoms with Gasteiger partial charge in [0.25, 0.3) is 0 Å². The molecule has 0 spiro atoms. The van der Waals surface area contributed by atoms with E-state index in [1.165, 1.54) is 22.6 Å². The first-order valence-electron chi connectivity index (χ1n) is 11.3. The van der Waals surface area contributed by atoms with Gasteiger partial charge in [-0.25, -0.2) is 4.98 Å². The van der Waals surface area contributed by atoms with Crippen molar-refractivity contribution in [2.45, 2.75) is 19.6 Å². The van der Waals surface area contributed by atoms with Gasteiger partial charge in [-0.1, -0.05) is 42.5 Å². The number of thiazole rings is 1. The molecule has 0 bridgehead atoms. The van der Waals surface area contributed by atoms with Gasteiger partial charge in [-0.2, -0.15) is 5.26 Å². The van der Waals surface area contributed by atoms with Crippen molar-refractivity contribution in [2.75, 3.05) is 26.2 Å². The lowest BCUT2D eigenvalue weighted by Gasteiger charge is -2.36. The average molecular weight is 455 g/mol. The molecule has 1 fully saturated rings. The van der Waals surface area contributed by atoms with Gasteiger partial charge in [-0.05, 0) is 47.9 Å². The molecule has 33 heavy (non-hydrogen) atoms. The van der Waals surface area contributed by atoms with Crippen molar-refractivity contribution in [3.63, 3.8) is 0 Å². The molecule has 2 aromatic carbocycles. The Balaban J connectivity index is 1.16. The molecule has 0 radical (unpaired) electrons. The Hall–Kier alpha value is -3.40. The SMILES string of the molecule is N#Cc1nc2ccc(OCc3cccc(CN4CCN(C5=CC=CCC=C5)CC4)c3)cc2s1. The topological polar surface area (TPSA) is 52.4 Å². The van der Waals surface area contributed by atoms with E-state index in [9.17, 15) is 0 Å². The Bertz CT molecular complexity index is 1260. The van der Waals surface area contributed by atoms with Crippen molar-refractivity contribution < 1.29 is 4.74 Å². The van der Waals surface area contributed by atoms with Gasteiger partial charge in [0, 0.05) is 38.4 Å². The molecule has 0 unspecified atom stereocenters. The van der Waals surface area contributed by atoms with Crippen LogP contribution in [0.2, 0.25) is 0 Å². The van der Waals surface area contributed by atoms with E-state index in [2.05, 4.69) is 75.5 Å². The first-order chi connectivity index (χ1) is 16.3. The Morgan fingerprint density at radius 3 is 2.79 bits per heavy atom. The number of piperazine rings is 1. The van der Waals surface area contributed by atoms with Gasteiger partial charge in [-0.3, -0.25) is 4.90 Å². The molecule has 6 heteroatoms. The Morgan fingerprint density at radius 2 is 1.91 bits per heavy atom.